The van der Waals surface area contributed by atoms with Crippen LogP contribution < -0.4 is 11.1 Å². The van der Waals surface area contributed by atoms with E-state index >= 15 is 0 Å². The molecule has 0 bridgehead atoms. The quantitative estimate of drug-likeness (QED) is 0.660. The van der Waals surface area contributed by atoms with Crippen LogP contribution in [0.4, 0.5) is 11.4 Å². The minimum Gasteiger partial charge on any atom is -0.326 e. The fraction of sp³-hybridized carbons (Fsp3) is 0.533. The van der Waals surface area contributed by atoms with Crippen LogP contribution in [0.2, 0.25) is 0 Å². The summed E-state index contributed by atoms with van der Waals surface area (Å²) in [4.78, 5) is 22.9. The van der Waals surface area contributed by atoms with E-state index in [1.165, 1.54) is 6.07 Å². The first-order valence-corrected chi connectivity index (χ1v) is 7.16. The number of aryl methyl sites for hydroxylation is 1. The lowest BCUT2D eigenvalue weighted by molar-refractivity contribution is -0.385. The van der Waals surface area contributed by atoms with Crippen molar-refractivity contribution in [2.24, 2.45) is 11.7 Å². The van der Waals surface area contributed by atoms with Gasteiger partial charge in [0, 0.05) is 22.9 Å². The van der Waals surface area contributed by atoms with E-state index in [9.17, 15) is 14.9 Å². The molecular formula is C15H21N3O3. The summed E-state index contributed by atoms with van der Waals surface area (Å²) in [6.45, 7) is 3.57. The molecule has 2 atom stereocenters. The standard InChI is InChI=1S/C15H21N3O3/c1-10-6-7-11(9-13(10)18(20)21)17-14(19)12-5-3-4-8-15(12,2)16/h6-7,9,12H,3-5,8,16H2,1-2H3,(H,17,19). The van der Waals surface area contributed by atoms with E-state index in [1.807, 2.05) is 6.92 Å². The molecule has 6 heteroatoms. The molecule has 1 fully saturated rings. The summed E-state index contributed by atoms with van der Waals surface area (Å²) in [5.74, 6) is -0.413. The number of carbonyl (C=O) groups is 1. The molecule has 1 aliphatic rings. The highest BCUT2D eigenvalue weighted by atomic mass is 16.6. The predicted octanol–water partition coefficient (Wildman–Crippen LogP) is 2.75. The lowest BCUT2D eigenvalue weighted by Crippen LogP contribution is -2.51. The van der Waals surface area contributed by atoms with Gasteiger partial charge in [-0.2, -0.15) is 0 Å². The Kier molecular flexibility index (Phi) is 4.27. The monoisotopic (exact) mass is 291 g/mol. The number of anilines is 1. The molecule has 3 N–H and O–H groups in total. The SMILES string of the molecule is Cc1ccc(NC(=O)C2CCCCC2(C)N)cc1[N+](=O)[O-]. The van der Waals surface area contributed by atoms with E-state index in [0.29, 0.717) is 11.3 Å². The van der Waals surface area contributed by atoms with E-state index in [-0.39, 0.29) is 17.5 Å². The Bertz CT molecular complexity index is 569. The third kappa shape index (κ3) is 3.39. The topological polar surface area (TPSA) is 98.3 Å². The highest BCUT2D eigenvalue weighted by molar-refractivity contribution is 5.93. The molecule has 2 rings (SSSR count). The number of benzene rings is 1. The van der Waals surface area contributed by atoms with Crippen LogP contribution in [0.5, 0.6) is 0 Å². The Morgan fingerprint density at radius 2 is 2.19 bits per heavy atom. The summed E-state index contributed by atoms with van der Waals surface area (Å²) in [5.41, 5.74) is 6.71. The van der Waals surface area contributed by atoms with E-state index in [0.717, 1.165) is 25.7 Å². The van der Waals surface area contributed by atoms with E-state index in [1.54, 1.807) is 19.1 Å². The molecule has 0 heterocycles. The highest BCUT2D eigenvalue weighted by Crippen LogP contribution is 2.33. The first-order chi connectivity index (χ1) is 9.81. The summed E-state index contributed by atoms with van der Waals surface area (Å²) in [7, 11) is 0. The number of hydrogen-bond acceptors (Lipinski definition) is 4. The van der Waals surface area contributed by atoms with Gasteiger partial charge in [-0.1, -0.05) is 18.9 Å². The number of hydrogen-bond donors (Lipinski definition) is 2. The number of nitrogens with zero attached hydrogens (tertiary/aromatic N) is 1. The molecule has 0 aliphatic heterocycles. The molecule has 1 aliphatic carbocycles. The molecule has 0 aromatic heterocycles. The van der Waals surface area contributed by atoms with Crippen molar-refractivity contribution < 1.29 is 9.72 Å². The molecule has 0 radical (unpaired) electrons. The minimum absolute atomic E-state index is 0.00644. The number of nitrogens with one attached hydrogen (secondary N) is 1. The van der Waals surface area contributed by atoms with Crippen LogP contribution in [0.15, 0.2) is 18.2 Å². The van der Waals surface area contributed by atoms with Gasteiger partial charge in [0.2, 0.25) is 5.91 Å². The minimum atomic E-state index is -0.515. The number of nitrogens with two attached hydrogens (primary N) is 1. The van der Waals surface area contributed by atoms with Crippen molar-refractivity contribution in [3.63, 3.8) is 0 Å². The molecule has 114 valence electrons. The van der Waals surface area contributed by atoms with Gasteiger partial charge >= 0.3 is 0 Å². The second-order valence-corrected chi connectivity index (χ2v) is 6.05. The average Bonchev–Trinajstić information content (AvgIpc) is 2.40. The van der Waals surface area contributed by atoms with Gasteiger partial charge in [0.15, 0.2) is 0 Å². The molecule has 1 aromatic rings. The maximum absolute atomic E-state index is 12.4. The Labute approximate surface area is 123 Å². The third-order valence-corrected chi connectivity index (χ3v) is 4.24. The van der Waals surface area contributed by atoms with Gasteiger partial charge in [-0.15, -0.1) is 0 Å². The van der Waals surface area contributed by atoms with Crippen LogP contribution in [0.1, 0.15) is 38.2 Å². The van der Waals surface area contributed by atoms with E-state index in [4.69, 9.17) is 5.73 Å². The normalized spacial score (nSPS) is 25.4. The largest absolute Gasteiger partial charge is 0.326 e. The Morgan fingerprint density at radius 1 is 1.48 bits per heavy atom. The fourth-order valence-corrected chi connectivity index (χ4v) is 2.90. The first-order valence-electron chi connectivity index (χ1n) is 7.16. The van der Waals surface area contributed by atoms with Crippen LogP contribution in [-0.4, -0.2) is 16.4 Å². The van der Waals surface area contributed by atoms with Crippen molar-refractivity contribution in [1.82, 2.24) is 0 Å². The number of nitro benzene ring substituents is 1. The van der Waals surface area contributed by atoms with Crippen LogP contribution in [-0.2, 0) is 4.79 Å². The van der Waals surface area contributed by atoms with Gasteiger partial charge in [0.1, 0.15) is 0 Å². The summed E-state index contributed by atoms with van der Waals surface area (Å²) in [6, 6.07) is 4.71. The molecular weight excluding hydrogens is 270 g/mol. The van der Waals surface area contributed by atoms with Gasteiger partial charge in [0.25, 0.3) is 5.69 Å². The van der Waals surface area contributed by atoms with Gasteiger partial charge in [-0.25, -0.2) is 0 Å². The van der Waals surface area contributed by atoms with Crippen molar-refractivity contribution in [2.75, 3.05) is 5.32 Å². The molecule has 1 saturated carbocycles. The van der Waals surface area contributed by atoms with Crippen LogP contribution >= 0.6 is 0 Å². The Balaban J connectivity index is 2.16. The second-order valence-electron chi connectivity index (χ2n) is 6.05. The zero-order valence-electron chi connectivity index (χ0n) is 12.4. The van der Waals surface area contributed by atoms with E-state index < -0.39 is 10.5 Å². The van der Waals surface area contributed by atoms with Gasteiger partial charge < -0.3 is 11.1 Å². The molecule has 6 nitrogen and oxygen atoms in total. The smallest absolute Gasteiger partial charge is 0.274 e. The van der Waals surface area contributed by atoms with Crippen LogP contribution in [0.3, 0.4) is 0 Å². The lowest BCUT2D eigenvalue weighted by atomic mass is 9.74. The first kappa shape index (κ1) is 15.4. The molecule has 1 amide bonds. The van der Waals surface area contributed by atoms with Gasteiger partial charge in [0.05, 0.1) is 10.8 Å². The molecule has 21 heavy (non-hydrogen) atoms. The number of amides is 1. The van der Waals surface area contributed by atoms with Crippen LogP contribution in [0.25, 0.3) is 0 Å². The number of rotatable bonds is 3. The Morgan fingerprint density at radius 3 is 2.81 bits per heavy atom. The summed E-state index contributed by atoms with van der Waals surface area (Å²) < 4.78 is 0. The Hall–Kier alpha value is -1.95. The molecule has 0 saturated heterocycles. The summed E-state index contributed by atoms with van der Waals surface area (Å²) in [5, 5.41) is 13.7. The zero-order valence-corrected chi connectivity index (χ0v) is 12.4. The fourth-order valence-electron chi connectivity index (χ4n) is 2.90. The van der Waals surface area contributed by atoms with Crippen molar-refractivity contribution in [1.29, 1.82) is 0 Å². The van der Waals surface area contributed by atoms with Crippen molar-refractivity contribution in [2.45, 2.75) is 45.1 Å². The maximum atomic E-state index is 12.4. The van der Waals surface area contributed by atoms with E-state index in [2.05, 4.69) is 5.32 Å². The van der Waals surface area contributed by atoms with Crippen molar-refractivity contribution in [3.05, 3.63) is 33.9 Å². The van der Waals surface area contributed by atoms with Crippen molar-refractivity contribution in [3.8, 4) is 0 Å². The van der Waals surface area contributed by atoms with Gasteiger partial charge in [-0.3, -0.25) is 14.9 Å². The average molecular weight is 291 g/mol. The summed E-state index contributed by atoms with van der Waals surface area (Å²) >= 11 is 0. The van der Waals surface area contributed by atoms with Gasteiger partial charge in [-0.05, 0) is 32.8 Å². The number of carbonyl (C=O) groups excluding carboxylic acids is 1. The maximum Gasteiger partial charge on any atom is 0.274 e. The third-order valence-electron chi connectivity index (χ3n) is 4.24. The predicted molar refractivity (Wildman–Crippen MR) is 81.0 cm³/mol. The number of nitro groups is 1. The lowest BCUT2D eigenvalue weighted by Gasteiger charge is -2.37. The molecule has 0 spiro atoms. The summed E-state index contributed by atoms with van der Waals surface area (Å²) in [6.07, 6.45) is 3.59. The second kappa shape index (κ2) is 5.81. The van der Waals surface area contributed by atoms with Crippen LogP contribution in [0, 0.1) is 23.0 Å². The molecule has 1 aromatic carbocycles. The molecule has 2 unspecified atom stereocenters. The zero-order chi connectivity index (χ0) is 15.6. The van der Waals surface area contributed by atoms with Crippen molar-refractivity contribution >= 4 is 17.3 Å². The highest BCUT2D eigenvalue weighted by Gasteiger charge is 2.37.